The van der Waals surface area contributed by atoms with Crippen molar-refractivity contribution in [3.05, 3.63) is 54.4 Å². The monoisotopic (exact) mass is 550 g/mol. The van der Waals surface area contributed by atoms with Crippen molar-refractivity contribution in [2.75, 3.05) is 0 Å². The van der Waals surface area contributed by atoms with Gasteiger partial charge in [-0.05, 0) is 24.3 Å². The van der Waals surface area contributed by atoms with Crippen LogP contribution in [0.5, 0.6) is 11.5 Å². The van der Waals surface area contributed by atoms with Crippen molar-refractivity contribution in [2.24, 2.45) is 0 Å². The summed E-state index contributed by atoms with van der Waals surface area (Å²) in [4.78, 5) is 23.0. The number of carbonyl (C=O) groups excluding carboxylic acids is 2. The van der Waals surface area contributed by atoms with E-state index in [4.69, 9.17) is 93.3 Å². The zero-order valence-electron chi connectivity index (χ0n) is 15.6. The van der Waals surface area contributed by atoms with E-state index in [1.807, 2.05) is 0 Å². The van der Waals surface area contributed by atoms with E-state index in [0.29, 0.717) is 0 Å². The summed E-state index contributed by atoms with van der Waals surface area (Å²) in [7, 11) is 0. The number of hydrogen-bond donors (Lipinski definition) is 0. The fraction of sp³-hybridized carbons (Fsp3) is 0.222. The highest BCUT2D eigenvalue weighted by Gasteiger charge is 2.28. The van der Waals surface area contributed by atoms with Gasteiger partial charge in [0.1, 0.15) is 0 Å². The first-order chi connectivity index (χ1) is 14.5. The van der Waals surface area contributed by atoms with Crippen LogP contribution in [0.1, 0.15) is 13.8 Å². The minimum absolute atomic E-state index is 0.00741. The summed E-state index contributed by atoms with van der Waals surface area (Å²) < 4.78 is 26.0. The molecule has 0 fully saturated rings. The van der Waals surface area contributed by atoms with Gasteiger partial charge in [0.25, 0.3) is 0 Å². The van der Waals surface area contributed by atoms with Crippen LogP contribution in [0.2, 0.25) is 30.1 Å². The van der Waals surface area contributed by atoms with Gasteiger partial charge in [-0.15, -0.1) is 0 Å². The lowest BCUT2D eigenvalue weighted by Crippen LogP contribution is -2.36. The Bertz CT molecular complexity index is 860. The highest BCUT2D eigenvalue weighted by molar-refractivity contribution is 6.40. The Balaban J connectivity index is 2.32. The van der Waals surface area contributed by atoms with Crippen molar-refractivity contribution >= 4 is 81.5 Å². The van der Waals surface area contributed by atoms with Gasteiger partial charge in [-0.1, -0.05) is 69.6 Å². The molecular formula is C18H12Cl6O7. The maximum absolute atomic E-state index is 11.5. The quantitative estimate of drug-likeness (QED) is 0.264. The van der Waals surface area contributed by atoms with Crippen LogP contribution in [0.4, 0.5) is 0 Å². The third-order valence-electron chi connectivity index (χ3n) is 3.10. The van der Waals surface area contributed by atoms with Gasteiger partial charge in [-0.3, -0.25) is 9.59 Å². The Hall–Kier alpha value is -1.32. The number of ether oxygens (including phenoxy) is 5. The summed E-state index contributed by atoms with van der Waals surface area (Å²) in [5.41, 5.74) is 0. The van der Waals surface area contributed by atoms with Crippen molar-refractivity contribution in [3.63, 3.8) is 0 Å². The molecule has 0 aliphatic carbocycles. The minimum Gasteiger partial charge on any atom is -0.429 e. The van der Waals surface area contributed by atoms with Gasteiger partial charge in [0, 0.05) is 23.9 Å². The van der Waals surface area contributed by atoms with E-state index in [1.54, 1.807) is 0 Å². The molecule has 2 unspecified atom stereocenters. The van der Waals surface area contributed by atoms with Crippen molar-refractivity contribution in [3.8, 4) is 11.5 Å². The summed E-state index contributed by atoms with van der Waals surface area (Å²) in [6, 6.07) is 5.34. The number of rotatable bonds is 8. The maximum atomic E-state index is 11.5. The lowest BCUT2D eigenvalue weighted by molar-refractivity contribution is -0.338. The largest absolute Gasteiger partial charge is 0.429 e. The first kappa shape index (κ1) is 25.9. The molecule has 0 aliphatic heterocycles. The molecule has 7 nitrogen and oxygen atoms in total. The van der Waals surface area contributed by atoms with Gasteiger partial charge >= 0.3 is 24.9 Å². The van der Waals surface area contributed by atoms with Crippen LogP contribution in [0.25, 0.3) is 0 Å². The summed E-state index contributed by atoms with van der Waals surface area (Å²) >= 11 is 36.0. The molecule has 0 aliphatic rings. The molecule has 2 atom stereocenters. The Labute approximate surface area is 206 Å². The van der Waals surface area contributed by atoms with E-state index in [9.17, 15) is 9.59 Å². The summed E-state index contributed by atoms with van der Waals surface area (Å²) in [6.45, 7) is -1.47. The third-order valence-corrected chi connectivity index (χ3v) is 4.66. The maximum Gasteiger partial charge on any atom is 0.368 e. The Morgan fingerprint density at radius 1 is 0.645 bits per heavy atom. The van der Waals surface area contributed by atoms with E-state index >= 15 is 0 Å². The molecule has 0 amide bonds. The predicted octanol–water partition coefficient (Wildman–Crippen LogP) is 6.77. The smallest absolute Gasteiger partial charge is 0.368 e. The average Bonchev–Trinajstić information content (AvgIpc) is 2.59. The molecule has 0 saturated heterocycles. The zero-order valence-corrected chi connectivity index (χ0v) is 20.1. The van der Waals surface area contributed by atoms with Crippen LogP contribution in [0.3, 0.4) is 0 Å². The van der Waals surface area contributed by atoms with Gasteiger partial charge in [-0.25, -0.2) is 4.74 Å². The van der Waals surface area contributed by atoms with Crippen LogP contribution in [-0.2, 0) is 23.8 Å². The molecule has 0 spiro atoms. The van der Waals surface area contributed by atoms with Gasteiger partial charge < -0.3 is 18.9 Å². The number of benzene rings is 2. The molecule has 0 radical (unpaired) electrons. The molecule has 0 heterocycles. The standard InChI is InChI=1S/C18H12Cl6O7/c1-7(25)27-17(29-15-11(21)3-9(19)4-12(15)22)31-18(28-8(2)26)30-16-13(23)5-10(20)6-14(16)24/h3-6,17-18H,1-2H3. The van der Waals surface area contributed by atoms with Crippen molar-refractivity contribution < 1.29 is 33.3 Å². The zero-order chi connectivity index (χ0) is 23.3. The van der Waals surface area contributed by atoms with E-state index in [0.717, 1.165) is 13.8 Å². The van der Waals surface area contributed by atoms with E-state index < -0.39 is 24.9 Å². The van der Waals surface area contributed by atoms with E-state index in [-0.39, 0.29) is 41.6 Å². The molecule has 168 valence electrons. The second kappa shape index (κ2) is 11.5. The molecule has 0 bridgehead atoms. The van der Waals surface area contributed by atoms with Crippen molar-refractivity contribution in [1.29, 1.82) is 0 Å². The van der Waals surface area contributed by atoms with Gasteiger partial charge in [-0.2, -0.15) is 0 Å². The Kier molecular flexibility index (Phi) is 9.64. The van der Waals surface area contributed by atoms with Crippen LogP contribution in [-0.4, -0.2) is 24.9 Å². The third kappa shape index (κ3) is 7.95. The number of halogens is 6. The van der Waals surface area contributed by atoms with Crippen LogP contribution in [0, 0.1) is 0 Å². The summed E-state index contributed by atoms with van der Waals surface area (Å²) in [5, 5.41) is 0.443. The molecule has 2 aromatic carbocycles. The normalized spacial score (nSPS) is 12.6. The highest BCUT2D eigenvalue weighted by Crippen LogP contribution is 2.38. The Morgan fingerprint density at radius 2 is 0.935 bits per heavy atom. The average molecular weight is 553 g/mol. The van der Waals surface area contributed by atoms with Gasteiger partial charge in [0.15, 0.2) is 11.5 Å². The van der Waals surface area contributed by atoms with E-state index in [1.165, 1.54) is 24.3 Å². The number of hydrogen-bond acceptors (Lipinski definition) is 7. The number of carbonyl (C=O) groups is 2. The molecule has 31 heavy (non-hydrogen) atoms. The second-order valence-electron chi connectivity index (χ2n) is 5.57. The Morgan fingerprint density at radius 3 is 1.19 bits per heavy atom. The van der Waals surface area contributed by atoms with Crippen molar-refractivity contribution in [1.82, 2.24) is 0 Å². The molecule has 0 N–H and O–H groups in total. The molecule has 13 heteroatoms. The molecule has 2 aromatic rings. The second-order valence-corrected chi connectivity index (χ2v) is 8.07. The van der Waals surface area contributed by atoms with Gasteiger partial charge in [0.2, 0.25) is 0 Å². The SMILES string of the molecule is CC(=O)OC(Oc1c(Cl)cc(Cl)cc1Cl)OC(OC(C)=O)Oc1c(Cl)cc(Cl)cc1Cl. The first-order valence-electron chi connectivity index (χ1n) is 8.08. The lowest BCUT2D eigenvalue weighted by atomic mass is 10.3. The molecule has 2 rings (SSSR count). The molecular weight excluding hydrogens is 541 g/mol. The first-order valence-corrected chi connectivity index (χ1v) is 10.4. The number of esters is 2. The van der Waals surface area contributed by atoms with Crippen LogP contribution >= 0.6 is 69.6 Å². The predicted molar refractivity (Wildman–Crippen MR) is 116 cm³/mol. The molecule has 0 aromatic heterocycles. The van der Waals surface area contributed by atoms with Gasteiger partial charge in [0.05, 0.1) is 20.1 Å². The fourth-order valence-corrected chi connectivity index (χ4v) is 3.81. The van der Waals surface area contributed by atoms with Crippen LogP contribution in [0.15, 0.2) is 24.3 Å². The van der Waals surface area contributed by atoms with E-state index in [2.05, 4.69) is 0 Å². The summed E-state index contributed by atoms with van der Waals surface area (Å²) in [6.07, 6.45) is 0. The topological polar surface area (TPSA) is 80.3 Å². The fourth-order valence-electron chi connectivity index (χ4n) is 2.00. The highest BCUT2D eigenvalue weighted by atomic mass is 35.5. The van der Waals surface area contributed by atoms with Crippen LogP contribution < -0.4 is 9.47 Å². The summed E-state index contributed by atoms with van der Waals surface area (Å²) in [5.74, 6) is -1.86. The minimum atomic E-state index is -1.82. The lowest BCUT2D eigenvalue weighted by Gasteiger charge is -2.25. The van der Waals surface area contributed by atoms with Crippen molar-refractivity contribution in [2.45, 2.75) is 26.8 Å². The molecule has 0 saturated carbocycles.